The quantitative estimate of drug-likeness (QED) is 0.354. The lowest BCUT2D eigenvalue weighted by Crippen LogP contribution is -2.32. The lowest BCUT2D eigenvalue weighted by molar-refractivity contribution is -0.197. The maximum Gasteiger partial charge on any atom is 0.333 e. The molecule has 0 unspecified atom stereocenters. The van der Waals surface area contributed by atoms with E-state index >= 15 is 0 Å². The molecule has 0 spiro atoms. The molecular weight excluding hydrogens is 308 g/mol. The van der Waals surface area contributed by atoms with Crippen LogP contribution in [0.4, 0.5) is 0 Å². The van der Waals surface area contributed by atoms with Crippen molar-refractivity contribution in [2.75, 3.05) is 13.2 Å². The van der Waals surface area contributed by atoms with Gasteiger partial charge in [0.2, 0.25) is 5.91 Å². The molecule has 9 heteroatoms. The largest absolute Gasteiger partial charge is 0.464 e. The van der Waals surface area contributed by atoms with Crippen molar-refractivity contribution >= 4 is 29.7 Å². The van der Waals surface area contributed by atoms with Crippen LogP contribution in [0.2, 0.25) is 0 Å². The molecular formula is C14H20N2O7. The zero-order chi connectivity index (χ0) is 17.2. The summed E-state index contributed by atoms with van der Waals surface area (Å²) in [5.41, 5.74) is 0. The van der Waals surface area contributed by atoms with Crippen LogP contribution in [0.15, 0.2) is 0 Å². The van der Waals surface area contributed by atoms with E-state index in [4.69, 9.17) is 4.74 Å². The molecule has 1 aliphatic heterocycles. The number of esters is 1. The molecule has 23 heavy (non-hydrogen) atoms. The number of nitrogens with one attached hydrogen (secondary N) is 1. The Hall–Kier alpha value is -2.45. The summed E-state index contributed by atoms with van der Waals surface area (Å²) >= 11 is 0. The Morgan fingerprint density at radius 3 is 2.26 bits per heavy atom. The van der Waals surface area contributed by atoms with Crippen molar-refractivity contribution in [2.24, 2.45) is 0 Å². The van der Waals surface area contributed by atoms with Gasteiger partial charge in [-0.3, -0.25) is 19.2 Å². The minimum atomic E-state index is -0.859. The summed E-state index contributed by atoms with van der Waals surface area (Å²) in [4.78, 5) is 61.1. The van der Waals surface area contributed by atoms with Crippen LogP contribution < -0.4 is 5.32 Å². The van der Waals surface area contributed by atoms with Crippen molar-refractivity contribution in [1.82, 2.24) is 10.4 Å². The van der Waals surface area contributed by atoms with Crippen LogP contribution in [-0.4, -0.2) is 47.9 Å². The summed E-state index contributed by atoms with van der Waals surface area (Å²) < 4.78 is 4.82. The second-order valence-electron chi connectivity index (χ2n) is 4.87. The maximum atomic E-state index is 11.5. The van der Waals surface area contributed by atoms with Gasteiger partial charge in [0.15, 0.2) is 0 Å². The van der Waals surface area contributed by atoms with E-state index in [-0.39, 0.29) is 44.7 Å². The monoisotopic (exact) mass is 328 g/mol. The zero-order valence-corrected chi connectivity index (χ0v) is 13.0. The molecule has 128 valence electrons. The number of nitrogens with zero attached hydrogens (tertiary/aromatic N) is 1. The summed E-state index contributed by atoms with van der Waals surface area (Å²) in [6.45, 7) is 2.08. The number of rotatable bonds is 9. The molecule has 0 aromatic carbocycles. The molecule has 1 fully saturated rings. The fourth-order valence-electron chi connectivity index (χ4n) is 1.75. The molecule has 1 saturated heterocycles. The summed E-state index contributed by atoms with van der Waals surface area (Å²) in [5.74, 6) is -2.76. The molecule has 9 nitrogen and oxygen atoms in total. The van der Waals surface area contributed by atoms with Gasteiger partial charge in [-0.2, -0.15) is 0 Å². The number of carbonyl (C=O) groups is 5. The molecule has 0 aliphatic carbocycles. The zero-order valence-electron chi connectivity index (χ0n) is 13.0. The highest BCUT2D eigenvalue weighted by Gasteiger charge is 2.32. The molecule has 1 N–H and O–H groups in total. The highest BCUT2D eigenvalue weighted by molar-refractivity contribution is 6.01. The van der Waals surface area contributed by atoms with E-state index in [1.165, 1.54) is 0 Å². The molecule has 1 rings (SSSR count). The van der Waals surface area contributed by atoms with Gasteiger partial charge in [-0.25, -0.2) is 4.79 Å². The third-order valence-corrected chi connectivity index (χ3v) is 2.90. The number of hydrogen-bond donors (Lipinski definition) is 1. The number of carbonyl (C=O) groups excluding carboxylic acids is 5. The smallest absolute Gasteiger partial charge is 0.333 e. The van der Waals surface area contributed by atoms with Crippen molar-refractivity contribution in [2.45, 2.75) is 45.4 Å². The number of imide groups is 1. The van der Waals surface area contributed by atoms with Crippen molar-refractivity contribution in [1.29, 1.82) is 0 Å². The van der Waals surface area contributed by atoms with Crippen molar-refractivity contribution in [3.05, 3.63) is 0 Å². The normalized spacial score (nSPS) is 13.9. The number of amides is 3. The predicted molar refractivity (Wildman–Crippen MR) is 75.3 cm³/mol. The fraction of sp³-hybridized carbons (Fsp3) is 0.643. The first-order valence-corrected chi connectivity index (χ1v) is 7.43. The standard InChI is InChI=1S/C14H20N2O7/c1-2-3-10(17)15-8-9-22-13(20)6-7-14(21)23-16-11(18)4-5-12(16)19/h2-9H2,1H3,(H,15,17). The van der Waals surface area contributed by atoms with Gasteiger partial charge in [-0.05, 0) is 6.42 Å². The van der Waals surface area contributed by atoms with Crippen LogP contribution in [0.3, 0.4) is 0 Å². The van der Waals surface area contributed by atoms with Crippen LogP contribution in [-0.2, 0) is 33.5 Å². The van der Waals surface area contributed by atoms with Crippen molar-refractivity contribution in [3.8, 4) is 0 Å². The number of hydroxylamine groups is 2. The Morgan fingerprint density at radius 2 is 1.65 bits per heavy atom. The highest BCUT2D eigenvalue weighted by Crippen LogP contribution is 2.12. The van der Waals surface area contributed by atoms with Crippen molar-refractivity contribution < 1.29 is 33.5 Å². The van der Waals surface area contributed by atoms with E-state index in [1.54, 1.807) is 0 Å². The molecule has 0 atom stereocenters. The van der Waals surface area contributed by atoms with Crippen LogP contribution in [0.25, 0.3) is 0 Å². The molecule has 0 aromatic rings. The van der Waals surface area contributed by atoms with E-state index in [2.05, 4.69) is 10.2 Å². The molecule has 1 heterocycles. The topological polar surface area (TPSA) is 119 Å². The van der Waals surface area contributed by atoms with Gasteiger partial charge in [0.25, 0.3) is 11.8 Å². The highest BCUT2D eigenvalue weighted by atomic mass is 16.7. The molecule has 3 amide bonds. The van der Waals surface area contributed by atoms with Gasteiger partial charge in [-0.15, -0.1) is 5.06 Å². The number of hydrogen-bond acceptors (Lipinski definition) is 7. The van der Waals surface area contributed by atoms with Gasteiger partial charge in [0.05, 0.1) is 19.4 Å². The molecule has 0 saturated carbocycles. The number of ether oxygens (including phenoxy) is 1. The second-order valence-corrected chi connectivity index (χ2v) is 4.87. The van der Waals surface area contributed by atoms with Crippen molar-refractivity contribution in [3.63, 3.8) is 0 Å². The minimum absolute atomic E-state index is 0.00638. The average molecular weight is 328 g/mol. The molecule has 1 aliphatic rings. The Labute approximate surface area is 133 Å². The lowest BCUT2D eigenvalue weighted by Gasteiger charge is -2.12. The average Bonchev–Trinajstić information content (AvgIpc) is 2.82. The Bertz CT molecular complexity index is 474. The van der Waals surface area contributed by atoms with E-state index in [0.717, 1.165) is 6.42 Å². The third kappa shape index (κ3) is 6.90. The molecule has 0 aromatic heterocycles. The van der Waals surface area contributed by atoms with E-state index < -0.39 is 23.8 Å². The van der Waals surface area contributed by atoms with E-state index in [0.29, 0.717) is 11.5 Å². The SMILES string of the molecule is CCCC(=O)NCCOC(=O)CCC(=O)ON1C(=O)CCC1=O. The Kier molecular flexibility index (Phi) is 7.72. The van der Waals surface area contributed by atoms with Gasteiger partial charge in [0, 0.05) is 19.3 Å². The van der Waals surface area contributed by atoms with Gasteiger partial charge >= 0.3 is 11.9 Å². The summed E-state index contributed by atoms with van der Waals surface area (Å²) in [6.07, 6.45) is 0.620. The first-order chi connectivity index (χ1) is 10.9. The van der Waals surface area contributed by atoms with E-state index in [1.807, 2.05) is 6.92 Å². The molecule has 0 bridgehead atoms. The maximum absolute atomic E-state index is 11.5. The van der Waals surface area contributed by atoms with Gasteiger partial charge in [-0.1, -0.05) is 6.92 Å². The van der Waals surface area contributed by atoms with Gasteiger partial charge < -0.3 is 14.9 Å². The minimum Gasteiger partial charge on any atom is -0.464 e. The van der Waals surface area contributed by atoms with Crippen LogP contribution >= 0.6 is 0 Å². The Morgan fingerprint density at radius 1 is 1.04 bits per heavy atom. The third-order valence-electron chi connectivity index (χ3n) is 2.90. The first kappa shape index (κ1) is 18.6. The second kappa shape index (κ2) is 9.54. The predicted octanol–water partition coefficient (Wildman–Crippen LogP) is -0.167. The fourth-order valence-corrected chi connectivity index (χ4v) is 1.75. The van der Waals surface area contributed by atoms with Crippen LogP contribution in [0, 0.1) is 0 Å². The van der Waals surface area contributed by atoms with Crippen LogP contribution in [0.1, 0.15) is 45.4 Å². The Balaban J connectivity index is 2.13. The molecule has 0 radical (unpaired) electrons. The summed E-state index contributed by atoms with van der Waals surface area (Å²) in [7, 11) is 0. The summed E-state index contributed by atoms with van der Waals surface area (Å²) in [5, 5.41) is 3.00. The first-order valence-electron chi connectivity index (χ1n) is 7.43. The summed E-state index contributed by atoms with van der Waals surface area (Å²) in [6, 6.07) is 0. The van der Waals surface area contributed by atoms with Crippen LogP contribution in [0.5, 0.6) is 0 Å². The lowest BCUT2D eigenvalue weighted by atomic mass is 10.3. The van der Waals surface area contributed by atoms with E-state index in [9.17, 15) is 24.0 Å². The van der Waals surface area contributed by atoms with Gasteiger partial charge in [0.1, 0.15) is 6.61 Å².